The fourth-order valence-electron chi connectivity index (χ4n) is 1.87. The van der Waals surface area contributed by atoms with Crippen LogP contribution in [0.2, 0.25) is 5.02 Å². The summed E-state index contributed by atoms with van der Waals surface area (Å²) in [5.41, 5.74) is 0.445. The van der Waals surface area contributed by atoms with Gasteiger partial charge in [0.2, 0.25) is 5.91 Å². The first-order valence-corrected chi connectivity index (χ1v) is 7.28. The Bertz CT molecular complexity index is 818. The third-order valence-corrected chi connectivity index (χ3v) is 3.43. The van der Waals surface area contributed by atoms with Crippen molar-refractivity contribution >= 4 is 29.0 Å². The minimum atomic E-state index is -4.45. The first-order valence-electron chi connectivity index (χ1n) is 6.91. The number of hydrogen-bond acceptors (Lipinski definition) is 6. The smallest absolute Gasteiger partial charge is 0.358 e. The number of hydrogen-bond donors (Lipinski definition) is 1. The number of ether oxygens (including phenoxy) is 1. The van der Waals surface area contributed by atoms with Gasteiger partial charge in [-0.15, -0.1) is 0 Å². The van der Waals surface area contributed by atoms with Gasteiger partial charge in [0, 0.05) is 0 Å². The zero-order valence-electron chi connectivity index (χ0n) is 13.2. The maximum atomic E-state index is 12.0. The molecule has 0 atom stereocenters. The molecular formula is C12H12ClF3N6O4. The van der Waals surface area contributed by atoms with Gasteiger partial charge in [-0.2, -0.15) is 23.0 Å². The van der Waals surface area contributed by atoms with Crippen molar-refractivity contribution < 1.29 is 27.6 Å². The van der Waals surface area contributed by atoms with Crippen molar-refractivity contribution in [2.45, 2.75) is 26.4 Å². The van der Waals surface area contributed by atoms with Gasteiger partial charge in [0.1, 0.15) is 19.9 Å². The Hall–Kier alpha value is -2.67. The van der Waals surface area contributed by atoms with Crippen LogP contribution in [0, 0.1) is 17.0 Å². The number of nitrogens with one attached hydrogen (secondary N) is 1. The van der Waals surface area contributed by atoms with E-state index in [1.807, 2.05) is 0 Å². The van der Waals surface area contributed by atoms with E-state index < -0.39 is 36.2 Å². The zero-order valence-corrected chi connectivity index (χ0v) is 13.9. The summed E-state index contributed by atoms with van der Waals surface area (Å²) < 4.78 is 42.5. The molecule has 1 amide bonds. The first kappa shape index (κ1) is 19.7. The molecular weight excluding hydrogens is 385 g/mol. The second kappa shape index (κ2) is 7.70. The summed E-state index contributed by atoms with van der Waals surface area (Å²) in [6.45, 7) is -0.761. The number of carbonyl (C=O) groups excluding carboxylic acids is 1. The largest absolute Gasteiger partial charge is 0.411 e. The van der Waals surface area contributed by atoms with E-state index in [4.69, 9.17) is 11.6 Å². The summed E-state index contributed by atoms with van der Waals surface area (Å²) >= 11 is 5.77. The van der Waals surface area contributed by atoms with Gasteiger partial charge in [-0.1, -0.05) is 11.6 Å². The number of amides is 1. The van der Waals surface area contributed by atoms with Crippen LogP contribution in [0.5, 0.6) is 0 Å². The van der Waals surface area contributed by atoms with Gasteiger partial charge >= 0.3 is 12.0 Å². The van der Waals surface area contributed by atoms with E-state index in [-0.39, 0.29) is 22.9 Å². The Morgan fingerprint density at radius 1 is 1.50 bits per heavy atom. The van der Waals surface area contributed by atoms with Crippen molar-refractivity contribution in [1.29, 1.82) is 0 Å². The molecule has 1 N–H and O–H groups in total. The summed E-state index contributed by atoms with van der Waals surface area (Å²) in [4.78, 5) is 22.0. The van der Waals surface area contributed by atoms with E-state index in [0.717, 1.165) is 9.36 Å². The summed E-state index contributed by atoms with van der Waals surface area (Å²) in [7, 11) is 0. The van der Waals surface area contributed by atoms with Gasteiger partial charge in [-0.3, -0.25) is 4.79 Å². The van der Waals surface area contributed by atoms with Gasteiger partial charge in [0.05, 0.1) is 28.9 Å². The molecule has 0 aliphatic carbocycles. The molecule has 0 saturated carbocycles. The summed E-state index contributed by atoms with van der Waals surface area (Å²) in [5.74, 6) is -1.15. The van der Waals surface area contributed by atoms with Crippen LogP contribution in [0.3, 0.4) is 0 Å². The van der Waals surface area contributed by atoms with Gasteiger partial charge in [-0.05, 0) is 11.8 Å². The van der Waals surface area contributed by atoms with Crippen LogP contribution in [0.25, 0.3) is 0 Å². The van der Waals surface area contributed by atoms with E-state index in [1.54, 1.807) is 0 Å². The predicted octanol–water partition coefficient (Wildman–Crippen LogP) is 2.12. The van der Waals surface area contributed by atoms with Crippen molar-refractivity contribution in [1.82, 2.24) is 19.6 Å². The van der Waals surface area contributed by atoms with Crippen molar-refractivity contribution in [2.24, 2.45) is 0 Å². The minimum absolute atomic E-state index is 0.169. The topological polar surface area (TPSA) is 117 Å². The van der Waals surface area contributed by atoms with E-state index in [1.165, 1.54) is 19.3 Å². The third kappa shape index (κ3) is 5.16. The molecule has 14 heteroatoms. The average molecular weight is 397 g/mol. The molecule has 0 bridgehead atoms. The summed E-state index contributed by atoms with van der Waals surface area (Å²) in [6.07, 6.45) is -1.98. The second-order valence-corrected chi connectivity index (χ2v) is 5.43. The lowest BCUT2D eigenvalue weighted by molar-refractivity contribution is -0.389. The Morgan fingerprint density at radius 3 is 2.77 bits per heavy atom. The highest BCUT2D eigenvalue weighted by atomic mass is 35.5. The Kier molecular flexibility index (Phi) is 5.82. The summed E-state index contributed by atoms with van der Waals surface area (Å²) in [6, 6.07) is 0. The summed E-state index contributed by atoms with van der Waals surface area (Å²) in [5, 5.41) is 20.4. The number of aromatic nitrogens is 4. The van der Waals surface area contributed by atoms with Crippen LogP contribution in [0.4, 0.5) is 24.7 Å². The molecule has 0 aromatic carbocycles. The molecule has 0 aliphatic heterocycles. The standard InChI is InChI=1S/C12H12ClF3N6O4/c1-7-10(13)11(22(24)25)19-21(7)4-9(23)18-8-2-17-20(3-8)6-26-5-12(14,15)16/h2-3H,4-6H2,1H3,(H,18,23). The molecule has 2 rings (SSSR count). The lowest BCUT2D eigenvalue weighted by Crippen LogP contribution is -2.20. The van der Waals surface area contributed by atoms with Crippen LogP contribution in [0.1, 0.15) is 5.69 Å². The van der Waals surface area contributed by atoms with Crippen LogP contribution >= 0.6 is 11.6 Å². The van der Waals surface area contributed by atoms with Crippen molar-refractivity contribution in [3.63, 3.8) is 0 Å². The SMILES string of the molecule is Cc1c(Cl)c([N+](=O)[O-])nn1CC(=O)Nc1cnn(COCC(F)(F)F)c1. The Balaban J connectivity index is 1.93. The highest BCUT2D eigenvalue weighted by Gasteiger charge is 2.27. The van der Waals surface area contributed by atoms with Crippen LogP contribution in [0.15, 0.2) is 12.4 Å². The molecule has 0 radical (unpaired) electrons. The maximum Gasteiger partial charge on any atom is 0.411 e. The van der Waals surface area contributed by atoms with Crippen molar-refractivity contribution in [3.8, 4) is 0 Å². The molecule has 10 nitrogen and oxygen atoms in total. The van der Waals surface area contributed by atoms with Gasteiger partial charge in [-0.25, -0.2) is 4.68 Å². The minimum Gasteiger partial charge on any atom is -0.358 e. The van der Waals surface area contributed by atoms with Crippen LogP contribution in [-0.4, -0.2) is 43.2 Å². The third-order valence-electron chi connectivity index (χ3n) is 2.99. The Morgan fingerprint density at radius 2 is 2.19 bits per heavy atom. The van der Waals surface area contributed by atoms with E-state index >= 15 is 0 Å². The van der Waals surface area contributed by atoms with Crippen molar-refractivity contribution in [2.75, 3.05) is 11.9 Å². The first-order chi connectivity index (χ1) is 12.1. The number of carbonyl (C=O) groups is 1. The lowest BCUT2D eigenvalue weighted by atomic mass is 10.4. The number of alkyl halides is 3. The zero-order chi connectivity index (χ0) is 19.5. The molecule has 0 fully saturated rings. The number of rotatable bonds is 7. The number of nitrogens with zero attached hydrogens (tertiary/aromatic N) is 5. The highest BCUT2D eigenvalue weighted by molar-refractivity contribution is 6.33. The van der Waals surface area contributed by atoms with Crippen molar-refractivity contribution in [3.05, 3.63) is 33.2 Å². The van der Waals surface area contributed by atoms with Gasteiger partial charge in [0.25, 0.3) is 0 Å². The van der Waals surface area contributed by atoms with Crippen LogP contribution < -0.4 is 5.32 Å². The fraction of sp³-hybridized carbons (Fsp3) is 0.417. The normalized spacial score (nSPS) is 11.6. The average Bonchev–Trinajstić information content (AvgIpc) is 3.05. The Labute approximate surface area is 148 Å². The molecule has 0 unspecified atom stereocenters. The molecule has 142 valence electrons. The molecule has 2 aromatic rings. The monoisotopic (exact) mass is 396 g/mol. The van der Waals surface area contributed by atoms with E-state index in [2.05, 4.69) is 20.3 Å². The lowest BCUT2D eigenvalue weighted by Gasteiger charge is -2.07. The van der Waals surface area contributed by atoms with E-state index in [9.17, 15) is 28.1 Å². The molecule has 2 heterocycles. The molecule has 26 heavy (non-hydrogen) atoms. The molecule has 0 spiro atoms. The molecule has 0 saturated heterocycles. The van der Waals surface area contributed by atoms with Crippen LogP contribution in [-0.2, 0) is 22.8 Å². The van der Waals surface area contributed by atoms with Gasteiger partial charge in [0.15, 0.2) is 5.02 Å². The predicted molar refractivity (Wildman–Crippen MR) is 81.5 cm³/mol. The van der Waals surface area contributed by atoms with Gasteiger partial charge < -0.3 is 20.2 Å². The molecule has 0 aliphatic rings. The highest BCUT2D eigenvalue weighted by Crippen LogP contribution is 2.26. The number of anilines is 1. The number of halogens is 4. The quantitative estimate of drug-likeness (QED) is 0.566. The fourth-order valence-corrected chi connectivity index (χ4v) is 2.07. The van der Waals surface area contributed by atoms with E-state index in [0.29, 0.717) is 0 Å². The second-order valence-electron chi connectivity index (χ2n) is 5.05. The number of nitro groups is 1. The maximum absolute atomic E-state index is 12.0. The molecule has 2 aromatic heterocycles.